The summed E-state index contributed by atoms with van der Waals surface area (Å²) >= 11 is 2.92. The van der Waals surface area contributed by atoms with Crippen LogP contribution in [0.5, 0.6) is 5.75 Å². The number of hydrogen-bond donors (Lipinski definition) is 1. The largest absolute Gasteiger partial charge is 0.496 e. The van der Waals surface area contributed by atoms with Crippen LogP contribution in [-0.2, 0) is 9.59 Å². The van der Waals surface area contributed by atoms with Gasteiger partial charge in [0.2, 0.25) is 11.8 Å². The molecule has 3 amide bonds. The van der Waals surface area contributed by atoms with Gasteiger partial charge in [0.05, 0.1) is 23.1 Å². The number of carbonyl (C=O) groups is 3. The summed E-state index contributed by atoms with van der Waals surface area (Å²) < 4.78 is 6.46. The van der Waals surface area contributed by atoms with Crippen LogP contribution < -0.4 is 10.1 Å². The zero-order chi connectivity index (χ0) is 24.4. The molecule has 1 atom stereocenters. The van der Waals surface area contributed by atoms with Crippen LogP contribution in [-0.4, -0.2) is 65.3 Å². The predicted octanol–water partition coefficient (Wildman–Crippen LogP) is 3.82. The molecular formula is C24H28N4O4S2. The van der Waals surface area contributed by atoms with Gasteiger partial charge in [-0.25, -0.2) is 4.98 Å². The van der Waals surface area contributed by atoms with Crippen LogP contribution in [0.15, 0.2) is 40.1 Å². The summed E-state index contributed by atoms with van der Waals surface area (Å²) in [5, 5.41) is 3.46. The molecule has 2 aliphatic rings. The third kappa shape index (κ3) is 5.28. The number of anilines is 1. The number of nitrogens with zero attached hydrogens (tertiary/aromatic N) is 3. The number of thiazole rings is 1. The highest BCUT2D eigenvalue weighted by molar-refractivity contribution is 8.01. The number of methoxy groups -OCH3 is 1. The number of nitrogens with one attached hydrogen (secondary N) is 1. The monoisotopic (exact) mass is 500 g/mol. The minimum absolute atomic E-state index is 0.0309. The van der Waals surface area contributed by atoms with Crippen LogP contribution in [0.4, 0.5) is 5.13 Å². The number of benzene rings is 1. The summed E-state index contributed by atoms with van der Waals surface area (Å²) in [6.45, 7) is 8.82. The molecule has 0 unspecified atom stereocenters. The van der Waals surface area contributed by atoms with Gasteiger partial charge in [0, 0.05) is 36.5 Å². The summed E-state index contributed by atoms with van der Waals surface area (Å²) in [6.07, 6.45) is 4.93. The van der Waals surface area contributed by atoms with Crippen LogP contribution in [0.2, 0.25) is 0 Å². The summed E-state index contributed by atoms with van der Waals surface area (Å²) in [5.74, 6) is 0.423. The van der Waals surface area contributed by atoms with E-state index in [1.165, 1.54) is 29.2 Å². The normalized spacial score (nSPS) is 17.9. The maximum absolute atomic E-state index is 13.5. The Morgan fingerprint density at radius 2 is 2.06 bits per heavy atom. The van der Waals surface area contributed by atoms with Crippen molar-refractivity contribution in [3.8, 4) is 5.75 Å². The number of aryl methyl sites for hydroxylation is 1. The van der Waals surface area contributed by atoms with Crippen LogP contribution in [0.1, 0.15) is 35.7 Å². The number of carbonyl (C=O) groups excluding carboxylic acids is 3. The Labute approximate surface area is 207 Å². The van der Waals surface area contributed by atoms with E-state index in [1.54, 1.807) is 23.1 Å². The van der Waals surface area contributed by atoms with E-state index in [1.807, 2.05) is 26.0 Å². The van der Waals surface area contributed by atoms with Gasteiger partial charge in [-0.2, -0.15) is 0 Å². The Kier molecular flexibility index (Phi) is 7.27. The standard InChI is InChI=1S/C24H28N4O4S2/c1-5-20(29)27-8-9-28(15(3)13-27)23(31)17-11-19(14(2)10-18(17)32-4)33-21-12-25-24(34-21)26-22(30)16-6-7-16/h5,10-12,15-16H,1,6-9,13H2,2-4H3,(H,25,26,30)/t15-/m0/s1. The molecule has 1 aliphatic heterocycles. The van der Waals surface area contributed by atoms with E-state index in [-0.39, 0.29) is 29.7 Å². The lowest BCUT2D eigenvalue weighted by molar-refractivity contribution is -0.128. The molecule has 2 aromatic rings. The quantitative estimate of drug-likeness (QED) is 0.581. The molecule has 1 N–H and O–H groups in total. The van der Waals surface area contributed by atoms with E-state index in [4.69, 9.17) is 4.74 Å². The molecule has 0 spiro atoms. The first-order chi connectivity index (χ1) is 16.3. The molecule has 10 heteroatoms. The molecule has 1 saturated heterocycles. The van der Waals surface area contributed by atoms with E-state index in [2.05, 4.69) is 16.9 Å². The molecule has 180 valence electrons. The van der Waals surface area contributed by atoms with Gasteiger partial charge in [-0.15, -0.1) is 0 Å². The van der Waals surface area contributed by atoms with E-state index in [0.29, 0.717) is 36.1 Å². The first-order valence-electron chi connectivity index (χ1n) is 11.2. The van der Waals surface area contributed by atoms with E-state index in [9.17, 15) is 14.4 Å². The van der Waals surface area contributed by atoms with Crippen molar-refractivity contribution in [1.29, 1.82) is 0 Å². The molecule has 1 aromatic carbocycles. The van der Waals surface area contributed by atoms with Gasteiger partial charge in [0.25, 0.3) is 5.91 Å². The highest BCUT2D eigenvalue weighted by atomic mass is 32.2. The molecule has 1 aliphatic carbocycles. The topological polar surface area (TPSA) is 91.8 Å². The van der Waals surface area contributed by atoms with Crippen molar-refractivity contribution in [3.63, 3.8) is 0 Å². The van der Waals surface area contributed by atoms with Gasteiger partial charge < -0.3 is 19.9 Å². The molecular weight excluding hydrogens is 472 g/mol. The van der Waals surface area contributed by atoms with Crippen molar-refractivity contribution in [2.45, 2.75) is 41.8 Å². The molecule has 0 radical (unpaired) electrons. The maximum Gasteiger partial charge on any atom is 0.258 e. The van der Waals surface area contributed by atoms with Gasteiger partial charge in [0.15, 0.2) is 5.13 Å². The molecule has 8 nitrogen and oxygen atoms in total. The van der Waals surface area contributed by atoms with E-state index >= 15 is 0 Å². The van der Waals surface area contributed by atoms with Crippen LogP contribution in [0.3, 0.4) is 0 Å². The maximum atomic E-state index is 13.5. The minimum Gasteiger partial charge on any atom is -0.496 e. The van der Waals surface area contributed by atoms with E-state index < -0.39 is 0 Å². The van der Waals surface area contributed by atoms with Gasteiger partial charge in [0.1, 0.15) is 5.75 Å². The molecule has 34 heavy (non-hydrogen) atoms. The summed E-state index contributed by atoms with van der Waals surface area (Å²) in [4.78, 5) is 46.2. The van der Waals surface area contributed by atoms with E-state index in [0.717, 1.165) is 27.5 Å². The second-order valence-corrected chi connectivity index (χ2v) is 10.9. The van der Waals surface area contributed by atoms with Crippen molar-refractivity contribution in [2.24, 2.45) is 5.92 Å². The second kappa shape index (κ2) is 10.2. The average Bonchev–Trinajstić information content (AvgIpc) is 3.60. The molecule has 0 bridgehead atoms. The summed E-state index contributed by atoms with van der Waals surface area (Å²) in [5.41, 5.74) is 1.46. The minimum atomic E-state index is -0.133. The van der Waals surface area contributed by atoms with Crippen molar-refractivity contribution >= 4 is 46.0 Å². The van der Waals surface area contributed by atoms with Crippen molar-refractivity contribution in [2.75, 3.05) is 32.1 Å². The first-order valence-corrected chi connectivity index (χ1v) is 12.8. The highest BCUT2D eigenvalue weighted by Gasteiger charge is 2.32. The third-order valence-corrected chi connectivity index (χ3v) is 8.15. The fourth-order valence-electron chi connectivity index (χ4n) is 3.88. The second-order valence-electron chi connectivity index (χ2n) is 8.50. The molecule has 2 heterocycles. The number of amides is 3. The number of aromatic nitrogens is 1. The Morgan fingerprint density at radius 3 is 2.71 bits per heavy atom. The smallest absolute Gasteiger partial charge is 0.258 e. The summed E-state index contributed by atoms with van der Waals surface area (Å²) in [7, 11) is 1.56. The van der Waals surface area contributed by atoms with Crippen LogP contribution in [0.25, 0.3) is 0 Å². The van der Waals surface area contributed by atoms with Crippen molar-refractivity contribution in [1.82, 2.24) is 14.8 Å². The fraction of sp³-hybridized carbons (Fsp3) is 0.417. The zero-order valence-corrected chi connectivity index (χ0v) is 21.1. The predicted molar refractivity (Wildman–Crippen MR) is 133 cm³/mol. The number of hydrogen-bond acceptors (Lipinski definition) is 7. The Hall–Kier alpha value is -2.85. The summed E-state index contributed by atoms with van der Waals surface area (Å²) in [6, 6.07) is 3.60. The van der Waals surface area contributed by atoms with Gasteiger partial charge in [-0.3, -0.25) is 14.4 Å². The zero-order valence-electron chi connectivity index (χ0n) is 19.5. The fourth-order valence-corrected chi connectivity index (χ4v) is 5.82. The van der Waals surface area contributed by atoms with Gasteiger partial charge in [-0.05, 0) is 50.5 Å². The molecule has 1 aromatic heterocycles. The number of ether oxygens (including phenoxy) is 1. The lowest BCUT2D eigenvalue weighted by Crippen LogP contribution is -2.55. The average molecular weight is 501 g/mol. The Balaban J connectivity index is 1.51. The van der Waals surface area contributed by atoms with Gasteiger partial charge >= 0.3 is 0 Å². The Bertz CT molecular complexity index is 1130. The third-order valence-electron chi connectivity index (χ3n) is 5.98. The van der Waals surface area contributed by atoms with Crippen molar-refractivity contribution < 1.29 is 19.1 Å². The lowest BCUT2D eigenvalue weighted by atomic mass is 10.1. The van der Waals surface area contributed by atoms with Gasteiger partial charge in [-0.1, -0.05) is 29.7 Å². The lowest BCUT2D eigenvalue weighted by Gasteiger charge is -2.39. The Morgan fingerprint density at radius 1 is 1.29 bits per heavy atom. The number of piperazine rings is 1. The van der Waals surface area contributed by atoms with Crippen molar-refractivity contribution in [3.05, 3.63) is 42.1 Å². The molecule has 1 saturated carbocycles. The van der Waals surface area contributed by atoms with Crippen LogP contribution in [0, 0.1) is 12.8 Å². The highest BCUT2D eigenvalue weighted by Crippen LogP contribution is 2.39. The molecule has 2 fully saturated rings. The van der Waals surface area contributed by atoms with Crippen LogP contribution >= 0.6 is 23.1 Å². The first kappa shape index (κ1) is 24.3. The number of rotatable bonds is 7. The SMILES string of the molecule is C=CC(=O)N1CCN(C(=O)c2cc(Sc3cnc(NC(=O)C4CC4)s3)c(C)cc2OC)[C@@H](C)C1. The molecule has 4 rings (SSSR count).